The summed E-state index contributed by atoms with van der Waals surface area (Å²) in [7, 11) is 0. The number of carbonyl (C=O) groups excluding carboxylic acids is 2. The molecule has 0 aliphatic carbocycles. The molecular formula is C25H18FNO5. The number of carboxylic acids is 1. The van der Waals surface area contributed by atoms with E-state index in [0.717, 1.165) is 10.5 Å². The van der Waals surface area contributed by atoms with Crippen molar-refractivity contribution < 1.29 is 29.0 Å². The number of aryl methyl sites for hydroxylation is 1. The molecule has 0 bridgehead atoms. The minimum absolute atomic E-state index is 0.0687. The Kier molecular flexibility index (Phi) is 5.32. The van der Waals surface area contributed by atoms with Gasteiger partial charge in [0.05, 0.1) is 17.2 Å². The first-order valence-electron chi connectivity index (χ1n) is 9.75. The van der Waals surface area contributed by atoms with Gasteiger partial charge in [-0.15, -0.1) is 0 Å². The van der Waals surface area contributed by atoms with E-state index >= 15 is 0 Å². The van der Waals surface area contributed by atoms with E-state index in [0.29, 0.717) is 11.1 Å². The van der Waals surface area contributed by atoms with Gasteiger partial charge in [0, 0.05) is 11.3 Å². The van der Waals surface area contributed by atoms with Crippen LogP contribution in [0, 0.1) is 12.7 Å². The molecule has 3 aromatic carbocycles. The number of rotatable bonds is 4. The maximum absolute atomic E-state index is 13.6. The van der Waals surface area contributed by atoms with Gasteiger partial charge in [0.15, 0.2) is 0 Å². The van der Waals surface area contributed by atoms with Crippen LogP contribution < -0.4 is 4.90 Å². The minimum Gasteiger partial charge on any atom is -0.507 e. The van der Waals surface area contributed by atoms with E-state index in [1.165, 1.54) is 48.5 Å². The average molecular weight is 431 g/mol. The van der Waals surface area contributed by atoms with Crippen LogP contribution in [0.15, 0.2) is 78.4 Å². The highest BCUT2D eigenvalue weighted by Crippen LogP contribution is 2.42. The van der Waals surface area contributed by atoms with Crippen molar-refractivity contribution in [1.29, 1.82) is 0 Å². The van der Waals surface area contributed by atoms with Gasteiger partial charge in [0.25, 0.3) is 11.7 Å². The second-order valence-electron chi connectivity index (χ2n) is 7.44. The fraction of sp³-hybridized carbons (Fsp3) is 0.0800. The van der Waals surface area contributed by atoms with Crippen molar-refractivity contribution >= 4 is 29.1 Å². The number of halogens is 1. The molecule has 0 spiro atoms. The molecular weight excluding hydrogens is 413 g/mol. The Bertz CT molecular complexity index is 1260. The molecule has 0 aromatic heterocycles. The monoisotopic (exact) mass is 431 g/mol. The summed E-state index contributed by atoms with van der Waals surface area (Å²) in [4.78, 5) is 38.6. The van der Waals surface area contributed by atoms with Gasteiger partial charge in [0.2, 0.25) is 0 Å². The molecule has 1 unspecified atom stereocenters. The number of hydrogen-bond donors (Lipinski definition) is 2. The lowest BCUT2D eigenvalue weighted by molar-refractivity contribution is -0.132. The summed E-state index contributed by atoms with van der Waals surface area (Å²) < 4.78 is 13.6. The fourth-order valence-corrected chi connectivity index (χ4v) is 3.72. The highest BCUT2D eigenvalue weighted by molar-refractivity contribution is 6.51. The zero-order valence-corrected chi connectivity index (χ0v) is 16.9. The molecule has 1 heterocycles. The summed E-state index contributed by atoms with van der Waals surface area (Å²) in [6, 6.07) is 16.5. The Labute approximate surface area is 182 Å². The van der Waals surface area contributed by atoms with Gasteiger partial charge in [-0.2, -0.15) is 0 Å². The predicted octanol–water partition coefficient (Wildman–Crippen LogP) is 4.46. The number of aromatic carboxylic acids is 1. The van der Waals surface area contributed by atoms with Crippen LogP contribution in [-0.4, -0.2) is 27.9 Å². The zero-order chi connectivity index (χ0) is 23.0. The van der Waals surface area contributed by atoms with Gasteiger partial charge >= 0.3 is 5.97 Å². The molecule has 2 N–H and O–H groups in total. The molecule has 160 valence electrons. The standard InChI is InChI=1S/C25H18FNO5/c1-14-5-7-16(8-6-14)22(28)20-21(15-9-11-18(26)12-10-15)27(24(30)23(20)29)19-4-2-3-17(13-19)25(31)32/h2-13,21,28H,1H3,(H,31,32)/b22-20+. The lowest BCUT2D eigenvalue weighted by Gasteiger charge is -2.25. The Morgan fingerprint density at radius 1 is 0.906 bits per heavy atom. The summed E-state index contributed by atoms with van der Waals surface area (Å²) in [6.07, 6.45) is 0. The molecule has 32 heavy (non-hydrogen) atoms. The number of aliphatic hydroxyl groups is 1. The number of nitrogens with zero attached hydrogens (tertiary/aromatic N) is 1. The highest BCUT2D eigenvalue weighted by atomic mass is 19.1. The van der Waals surface area contributed by atoms with E-state index in [2.05, 4.69) is 0 Å². The molecule has 6 nitrogen and oxygen atoms in total. The number of carbonyl (C=O) groups is 3. The van der Waals surface area contributed by atoms with Crippen molar-refractivity contribution in [3.8, 4) is 0 Å². The number of ketones is 1. The first-order chi connectivity index (χ1) is 15.3. The van der Waals surface area contributed by atoms with Crippen LogP contribution in [0.5, 0.6) is 0 Å². The van der Waals surface area contributed by atoms with Crippen molar-refractivity contribution in [2.75, 3.05) is 4.90 Å². The first-order valence-corrected chi connectivity index (χ1v) is 9.75. The van der Waals surface area contributed by atoms with Crippen molar-refractivity contribution in [2.24, 2.45) is 0 Å². The van der Waals surface area contributed by atoms with E-state index in [-0.39, 0.29) is 22.6 Å². The smallest absolute Gasteiger partial charge is 0.335 e. The fourth-order valence-electron chi connectivity index (χ4n) is 3.72. The van der Waals surface area contributed by atoms with Crippen molar-refractivity contribution in [3.63, 3.8) is 0 Å². The Hall–Kier alpha value is -4.26. The van der Waals surface area contributed by atoms with E-state index in [1.54, 1.807) is 24.3 Å². The van der Waals surface area contributed by atoms with Crippen LogP contribution in [0.1, 0.15) is 33.1 Å². The van der Waals surface area contributed by atoms with E-state index in [9.17, 15) is 29.0 Å². The van der Waals surface area contributed by atoms with Crippen LogP contribution in [-0.2, 0) is 9.59 Å². The lowest BCUT2D eigenvalue weighted by atomic mass is 9.95. The van der Waals surface area contributed by atoms with Crippen LogP contribution in [0.4, 0.5) is 10.1 Å². The molecule has 1 atom stereocenters. The third kappa shape index (κ3) is 3.65. The third-order valence-electron chi connectivity index (χ3n) is 5.33. The minimum atomic E-state index is -1.19. The van der Waals surface area contributed by atoms with Crippen LogP contribution in [0.25, 0.3) is 5.76 Å². The summed E-state index contributed by atoms with van der Waals surface area (Å²) in [5.74, 6) is -3.90. The zero-order valence-electron chi connectivity index (χ0n) is 16.9. The largest absolute Gasteiger partial charge is 0.507 e. The molecule has 4 rings (SSSR count). The maximum Gasteiger partial charge on any atom is 0.335 e. The topological polar surface area (TPSA) is 94.9 Å². The van der Waals surface area contributed by atoms with Crippen LogP contribution in [0.2, 0.25) is 0 Å². The molecule has 7 heteroatoms. The quantitative estimate of drug-likeness (QED) is 0.361. The number of hydrogen-bond acceptors (Lipinski definition) is 4. The van der Waals surface area contributed by atoms with Gasteiger partial charge in [-0.1, -0.05) is 48.0 Å². The Balaban J connectivity index is 1.94. The number of carboxylic acid groups (broad SMARTS) is 1. The number of aliphatic hydroxyl groups excluding tert-OH is 1. The van der Waals surface area contributed by atoms with Gasteiger partial charge in [-0.3, -0.25) is 14.5 Å². The molecule has 1 aliphatic heterocycles. The third-order valence-corrected chi connectivity index (χ3v) is 5.33. The van der Waals surface area contributed by atoms with E-state index in [1.807, 2.05) is 6.92 Å². The second kappa shape index (κ2) is 8.11. The van der Waals surface area contributed by atoms with Gasteiger partial charge < -0.3 is 10.2 Å². The normalized spacial score (nSPS) is 17.6. The summed E-state index contributed by atoms with van der Waals surface area (Å²) in [5, 5.41) is 20.3. The number of Topliss-reactive ketones (excluding diaryl/α,β-unsaturated/α-hetero) is 1. The average Bonchev–Trinajstić information content (AvgIpc) is 3.05. The molecule has 3 aromatic rings. The molecule has 1 saturated heterocycles. The van der Waals surface area contributed by atoms with Crippen molar-refractivity contribution in [3.05, 3.63) is 106 Å². The number of amides is 1. The summed E-state index contributed by atoms with van der Waals surface area (Å²) >= 11 is 0. The molecule has 1 amide bonds. The second-order valence-corrected chi connectivity index (χ2v) is 7.44. The first kappa shape index (κ1) is 21.0. The number of benzene rings is 3. The van der Waals surface area contributed by atoms with Gasteiger partial charge in [0.1, 0.15) is 11.6 Å². The maximum atomic E-state index is 13.6. The van der Waals surface area contributed by atoms with Crippen molar-refractivity contribution in [2.45, 2.75) is 13.0 Å². The predicted molar refractivity (Wildman–Crippen MR) is 116 cm³/mol. The van der Waals surface area contributed by atoms with Crippen LogP contribution >= 0.6 is 0 Å². The van der Waals surface area contributed by atoms with Crippen LogP contribution in [0.3, 0.4) is 0 Å². The Morgan fingerprint density at radius 2 is 1.56 bits per heavy atom. The summed E-state index contributed by atoms with van der Waals surface area (Å²) in [5.41, 5.74) is 1.62. The van der Waals surface area contributed by atoms with Gasteiger partial charge in [-0.05, 0) is 42.8 Å². The Morgan fingerprint density at radius 3 is 2.19 bits per heavy atom. The molecule has 1 aliphatic rings. The highest BCUT2D eigenvalue weighted by Gasteiger charge is 2.47. The molecule has 0 saturated carbocycles. The SMILES string of the molecule is Cc1ccc(/C(O)=C2\C(=O)C(=O)N(c3cccc(C(=O)O)c3)C2c2ccc(F)cc2)cc1. The number of anilines is 1. The van der Waals surface area contributed by atoms with E-state index in [4.69, 9.17) is 0 Å². The van der Waals surface area contributed by atoms with E-state index < -0.39 is 29.5 Å². The van der Waals surface area contributed by atoms with Crippen molar-refractivity contribution in [1.82, 2.24) is 0 Å². The molecule has 0 radical (unpaired) electrons. The summed E-state index contributed by atoms with van der Waals surface area (Å²) in [6.45, 7) is 1.87. The molecule has 1 fully saturated rings. The van der Waals surface area contributed by atoms with Gasteiger partial charge in [-0.25, -0.2) is 9.18 Å². The lowest BCUT2D eigenvalue weighted by Crippen LogP contribution is -2.29.